The first kappa shape index (κ1) is 9.92. The summed E-state index contributed by atoms with van der Waals surface area (Å²) >= 11 is 1.69. The predicted octanol–water partition coefficient (Wildman–Crippen LogP) is 1.49. The van der Waals surface area contributed by atoms with Crippen molar-refractivity contribution in [2.24, 2.45) is 0 Å². The highest BCUT2D eigenvalue weighted by Gasteiger charge is 1.95. The van der Waals surface area contributed by atoms with Gasteiger partial charge in [-0.3, -0.25) is 4.79 Å². The van der Waals surface area contributed by atoms with Crippen LogP contribution in [0.3, 0.4) is 0 Å². The zero-order valence-corrected chi connectivity index (χ0v) is 8.88. The maximum atomic E-state index is 10.9. The Hall–Kier alpha value is -1.62. The van der Waals surface area contributed by atoms with Gasteiger partial charge in [0.2, 0.25) is 0 Å². The van der Waals surface area contributed by atoms with Gasteiger partial charge in [0, 0.05) is 12.6 Å². The van der Waals surface area contributed by atoms with Crippen LogP contribution < -0.4 is 10.9 Å². The normalized spacial score (nSPS) is 10.1. The van der Waals surface area contributed by atoms with Gasteiger partial charge in [0.25, 0.3) is 5.56 Å². The maximum absolute atomic E-state index is 10.9. The van der Waals surface area contributed by atoms with Crippen molar-refractivity contribution in [2.75, 3.05) is 11.9 Å². The summed E-state index contributed by atoms with van der Waals surface area (Å²) in [5.74, 6) is 0.619. The standard InChI is InChI=1S/C10H11N3OS/c14-10-5-9(12-7-13-10)11-3-1-8-2-4-15-6-8/h2,4-7H,1,3H2,(H2,11,12,13,14). The van der Waals surface area contributed by atoms with E-state index in [-0.39, 0.29) is 5.56 Å². The third-order valence-corrected chi connectivity index (χ3v) is 2.71. The van der Waals surface area contributed by atoms with Crippen LogP contribution in [0.1, 0.15) is 5.56 Å². The number of nitrogens with one attached hydrogen (secondary N) is 2. The first-order chi connectivity index (χ1) is 7.34. The predicted molar refractivity (Wildman–Crippen MR) is 61.4 cm³/mol. The third kappa shape index (κ3) is 2.92. The molecule has 15 heavy (non-hydrogen) atoms. The lowest BCUT2D eigenvalue weighted by molar-refractivity contribution is 0.999. The number of rotatable bonds is 4. The lowest BCUT2D eigenvalue weighted by atomic mass is 10.2. The number of thiophene rings is 1. The SMILES string of the molecule is O=c1cc(NCCc2ccsc2)nc[nH]1. The van der Waals surface area contributed by atoms with Crippen molar-refractivity contribution in [3.63, 3.8) is 0 Å². The van der Waals surface area contributed by atoms with Crippen LogP contribution in [0.2, 0.25) is 0 Å². The summed E-state index contributed by atoms with van der Waals surface area (Å²) in [7, 11) is 0. The van der Waals surface area contributed by atoms with E-state index in [1.807, 2.05) is 0 Å². The van der Waals surface area contributed by atoms with Crippen LogP contribution in [0.25, 0.3) is 0 Å². The van der Waals surface area contributed by atoms with Crippen LogP contribution in [0, 0.1) is 0 Å². The van der Waals surface area contributed by atoms with Crippen LogP contribution >= 0.6 is 11.3 Å². The summed E-state index contributed by atoms with van der Waals surface area (Å²) in [6.07, 6.45) is 2.34. The van der Waals surface area contributed by atoms with E-state index in [4.69, 9.17) is 0 Å². The molecular weight excluding hydrogens is 210 g/mol. The summed E-state index contributed by atoms with van der Waals surface area (Å²) in [5, 5.41) is 7.27. The fraction of sp³-hybridized carbons (Fsp3) is 0.200. The quantitative estimate of drug-likeness (QED) is 0.822. The van der Waals surface area contributed by atoms with E-state index in [0.29, 0.717) is 5.82 Å². The largest absolute Gasteiger partial charge is 0.370 e. The topological polar surface area (TPSA) is 57.8 Å². The molecule has 2 N–H and O–H groups in total. The monoisotopic (exact) mass is 221 g/mol. The Bertz CT molecular complexity index is 464. The van der Waals surface area contributed by atoms with E-state index in [2.05, 4.69) is 32.1 Å². The van der Waals surface area contributed by atoms with E-state index in [0.717, 1.165) is 13.0 Å². The molecule has 0 aliphatic rings. The van der Waals surface area contributed by atoms with Gasteiger partial charge in [-0.05, 0) is 28.8 Å². The Kier molecular flexibility index (Phi) is 3.14. The molecule has 2 aromatic rings. The zero-order chi connectivity index (χ0) is 10.5. The summed E-state index contributed by atoms with van der Waals surface area (Å²) in [4.78, 5) is 17.4. The Morgan fingerprint density at radius 2 is 2.47 bits per heavy atom. The third-order valence-electron chi connectivity index (χ3n) is 1.98. The molecule has 78 valence electrons. The fourth-order valence-corrected chi connectivity index (χ4v) is 1.94. The minimum atomic E-state index is -0.136. The van der Waals surface area contributed by atoms with Gasteiger partial charge < -0.3 is 10.3 Å². The van der Waals surface area contributed by atoms with Crippen LogP contribution in [-0.4, -0.2) is 16.5 Å². The molecule has 0 aliphatic carbocycles. The minimum Gasteiger partial charge on any atom is -0.370 e. The molecule has 5 heteroatoms. The van der Waals surface area contributed by atoms with Gasteiger partial charge in [-0.25, -0.2) is 4.98 Å². The molecule has 0 spiro atoms. The van der Waals surface area contributed by atoms with E-state index < -0.39 is 0 Å². The number of aromatic amines is 1. The van der Waals surface area contributed by atoms with Gasteiger partial charge in [0.15, 0.2) is 0 Å². The van der Waals surface area contributed by atoms with Crippen molar-refractivity contribution in [2.45, 2.75) is 6.42 Å². The van der Waals surface area contributed by atoms with E-state index in [1.54, 1.807) is 11.3 Å². The summed E-state index contributed by atoms with van der Waals surface area (Å²) in [5.41, 5.74) is 1.17. The molecule has 2 aromatic heterocycles. The molecular formula is C10H11N3OS. The molecule has 0 saturated heterocycles. The number of hydrogen-bond acceptors (Lipinski definition) is 4. The smallest absolute Gasteiger partial charge is 0.252 e. The Balaban J connectivity index is 1.86. The summed E-state index contributed by atoms with van der Waals surface area (Å²) in [6, 6.07) is 3.55. The molecule has 0 amide bonds. The van der Waals surface area contributed by atoms with Crippen molar-refractivity contribution in [1.29, 1.82) is 0 Å². The van der Waals surface area contributed by atoms with Crippen molar-refractivity contribution < 1.29 is 0 Å². The van der Waals surface area contributed by atoms with Crippen molar-refractivity contribution >= 4 is 17.2 Å². The average Bonchev–Trinajstić information content (AvgIpc) is 2.71. The first-order valence-electron chi connectivity index (χ1n) is 4.64. The number of anilines is 1. The number of nitrogens with zero attached hydrogens (tertiary/aromatic N) is 1. The van der Waals surface area contributed by atoms with Gasteiger partial charge in [-0.2, -0.15) is 11.3 Å². The highest BCUT2D eigenvalue weighted by molar-refractivity contribution is 7.07. The highest BCUT2D eigenvalue weighted by Crippen LogP contribution is 2.06. The van der Waals surface area contributed by atoms with Gasteiger partial charge in [0.05, 0.1) is 6.33 Å². The van der Waals surface area contributed by atoms with E-state index in [1.165, 1.54) is 18.0 Å². The average molecular weight is 221 g/mol. The molecule has 0 fully saturated rings. The van der Waals surface area contributed by atoms with Gasteiger partial charge in [-0.15, -0.1) is 0 Å². The maximum Gasteiger partial charge on any atom is 0.252 e. The summed E-state index contributed by atoms with van der Waals surface area (Å²) < 4.78 is 0. The molecule has 4 nitrogen and oxygen atoms in total. The Morgan fingerprint density at radius 1 is 1.53 bits per heavy atom. The fourth-order valence-electron chi connectivity index (χ4n) is 1.24. The molecule has 0 aliphatic heterocycles. The van der Waals surface area contributed by atoms with Crippen LogP contribution in [0.5, 0.6) is 0 Å². The summed E-state index contributed by atoms with van der Waals surface area (Å²) in [6.45, 7) is 0.785. The second-order valence-electron chi connectivity index (χ2n) is 3.10. The van der Waals surface area contributed by atoms with Gasteiger partial charge in [-0.1, -0.05) is 0 Å². The zero-order valence-electron chi connectivity index (χ0n) is 8.06. The molecule has 0 radical (unpaired) electrons. The molecule has 2 heterocycles. The number of hydrogen-bond donors (Lipinski definition) is 2. The number of H-pyrrole nitrogens is 1. The molecule has 0 aromatic carbocycles. The molecule has 2 rings (SSSR count). The molecule has 0 unspecified atom stereocenters. The van der Waals surface area contributed by atoms with Gasteiger partial charge >= 0.3 is 0 Å². The van der Waals surface area contributed by atoms with Crippen molar-refractivity contribution in [1.82, 2.24) is 9.97 Å². The van der Waals surface area contributed by atoms with Crippen molar-refractivity contribution in [3.8, 4) is 0 Å². The minimum absolute atomic E-state index is 0.136. The van der Waals surface area contributed by atoms with Crippen LogP contribution in [0.15, 0.2) is 34.0 Å². The molecule has 0 saturated carbocycles. The Labute approximate surface area is 91.0 Å². The van der Waals surface area contributed by atoms with Crippen LogP contribution in [-0.2, 0) is 6.42 Å². The highest BCUT2D eigenvalue weighted by atomic mass is 32.1. The van der Waals surface area contributed by atoms with Crippen molar-refractivity contribution in [3.05, 3.63) is 45.1 Å². The number of aromatic nitrogens is 2. The first-order valence-corrected chi connectivity index (χ1v) is 5.58. The second-order valence-corrected chi connectivity index (χ2v) is 3.88. The second kappa shape index (κ2) is 4.75. The Morgan fingerprint density at radius 3 is 3.20 bits per heavy atom. The lowest BCUT2D eigenvalue weighted by Crippen LogP contribution is -2.11. The van der Waals surface area contributed by atoms with E-state index in [9.17, 15) is 4.79 Å². The van der Waals surface area contributed by atoms with E-state index >= 15 is 0 Å². The molecule has 0 bridgehead atoms. The lowest BCUT2D eigenvalue weighted by Gasteiger charge is -2.02. The van der Waals surface area contributed by atoms with Crippen LogP contribution in [0.4, 0.5) is 5.82 Å². The molecule has 0 atom stereocenters. The van der Waals surface area contributed by atoms with Gasteiger partial charge in [0.1, 0.15) is 5.82 Å².